The Hall–Kier alpha value is -1.78. The number of allylic oxidation sites excluding steroid dienone is 2. The van der Waals surface area contributed by atoms with Crippen LogP contribution in [0.4, 0.5) is 4.79 Å². The molecule has 1 N–H and O–H groups in total. The molecule has 0 fully saturated rings. The fourth-order valence-electron chi connectivity index (χ4n) is 1.88. The van der Waals surface area contributed by atoms with E-state index in [2.05, 4.69) is 18.5 Å². The SMILES string of the molecule is C=CCCCCC[C@H](NC(=O)OCCCC=C)C(=O)OCC. The average molecular weight is 311 g/mol. The summed E-state index contributed by atoms with van der Waals surface area (Å²) in [6.45, 7) is 9.62. The van der Waals surface area contributed by atoms with Gasteiger partial charge in [-0.15, -0.1) is 13.2 Å². The normalized spacial score (nSPS) is 11.3. The van der Waals surface area contributed by atoms with Crippen LogP contribution in [0.2, 0.25) is 0 Å². The number of hydrogen-bond acceptors (Lipinski definition) is 4. The van der Waals surface area contributed by atoms with Gasteiger partial charge in [0.1, 0.15) is 6.04 Å². The van der Waals surface area contributed by atoms with Crippen molar-refractivity contribution < 1.29 is 19.1 Å². The fraction of sp³-hybridized carbons (Fsp3) is 0.647. The highest BCUT2D eigenvalue weighted by Crippen LogP contribution is 2.08. The Bertz CT molecular complexity index is 342. The number of carbonyl (C=O) groups excluding carboxylic acids is 2. The summed E-state index contributed by atoms with van der Waals surface area (Å²) >= 11 is 0. The second kappa shape index (κ2) is 14.2. The Balaban J connectivity index is 4.15. The van der Waals surface area contributed by atoms with Gasteiger partial charge >= 0.3 is 12.1 Å². The fourth-order valence-corrected chi connectivity index (χ4v) is 1.88. The number of alkyl carbamates (subject to hydrolysis) is 1. The van der Waals surface area contributed by atoms with Crippen LogP contribution in [-0.4, -0.2) is 31.3 Å². The van der Waals surface area contributed by atoms with Gasteiger partial charge in [0.05, 0.1) is 13.2 Å². The van der Waals surface area contributed by atoms with E-state index < -0.39 is 18.1 Å². The summed E-state index contributed by atoms with van der Waals surface area (Å²) in [7, 11) is 0. The van der Waals surface area contributed by atoms with Gasteiger partial charge in [-0.05, 0) is 39.0 Å². The standard InChI is InChI=1S/C17H29NO4/c1-4-7-9-10-11-13-15(16(19)21-6-3)18-17(20)22-14-12-8-5-2/h4-5,15H,1-2,6-14H2,3H3,(H,18,20)/t15-/m0/s1. The van der Waals surface area contributed by atoms with E-state index in [1.165, 1.54) is 0 Å². The molecule has 0 rings (SSSR count). The lowest BCUT2D eigenvalue weighted by molar-refractivity contribution is -0.145. The molecule has 0 saturated heterocycles. The first-order valence-electron chi connectivity index (χ1n) is 7.97. The van der Waals surface area contributed by atoms with Crippen molar-refractivity contribution in [2.24, 2.45) is 0 Å². The Morgan fingerprint density at radius 2 is 1.73 bits per heavy atom. The van der Waals surface area contributed by atoms with E-state index in [0.29, 0.717) is 19.6 Å². The van der Waals surface area contributed by atoms with Crippen molar-refractivity contribution in [3.8, 4) is 0 Å². The topological polar surface area (TPSA) is 64.6 Å². The van der Waals surface area contributed by atoms with E-state index in [1.54, 1.807) is 13.0 Å². The third-order valence-electron chi connectivity index (χ3n) is 3.05. The van der Waals surface area contributed by atoms with Crippen molar-refractivity contribution in [2.75, 3.05) is 13.2 Å². The van der Waals surface area contributed by atoms with Crippen LogP contribution in [0.3, 0.4) is 0 Å². The molecule has 0 radical (unpaired) electrons. The zero-order valence-corrected chi connectivity index (χ0v) is 13.6. The summed E-state index contributed by atoms with van der Waals surface area (Å²) in [5.41, 5.74) is 0. The summed E-state index contributed by atoms with van der Waals surface area (Å²) in [5.74, 6) is -0.408. The molecule has 0 heterocycles. The van der Waals surface area contributed by atoms with Gasteiger partial charge in [-0.1, -0.05) is 25.0 Å². The molecule has 5 nitrogen and oxygen atoms in total. The Labute approximate surface area is 133 Å². The van der Waals surface area contributed by atoms with Gasteiger partial charge in [0.25, 0.3) is 0 Å². The van der Waals surface area contributed by atoms with Crippen LogP contribution in [-0.2, 0) is 14.3 Å². The molecule has 126 valence electrons. The first-order chi connectivity index (χ1) is 10.7. The minimum Gasteiger partial charge on any atom is -0.464 e. The number of ether oxygens (including phenoxy) is 2. The van der Waals surface area contributed by atoms with Crippen molar-refractivity contribution in [1.29, 1.82) is 0 Å². The van der Waals surface area contributed by atoms with Gasteiger partial charge in [-0.3, -0.25) is 0 Å². The van der Waals surface area contributed by atoms with Crippen LogP contribution < -0.4 is 5.32 Å². The largest absolute Gasteiger partial charge is 0.464 e. The van der Waals surface area contributed by atoms with Gasteiger partial charge in [0, 0.05) is 0 Å². The van der Waals surface area contributed by atoms with Gasteiger partial charge < -0.3 is 14.8 Å². The molecule has 0 unspecified atom stereocenters. The Kier molecular flexibility index (Phi) is 13.0. The molecule has 0 aliphatic carbocycles. The Morgan fingerprint density at radius 1 is 1.05 bits per heavy atom. The molecule has 1 atom stereocenters. The molecule has 0 aliphatic rings. The lowest BCUT2D eigenvalue weighted by atomic mass is 10.1. The van der Waals surface area contributed by atoms with Crippen LogP contribution in [0, 0.1) is 0 Å². The zero-order chi connectivity index (χ0) is 16.6. The second-order valence-corrected chi connectivity index (χ2v) is 4.94. The van der Waals surface area contributed by atoms with Gasteiger partial charge in [0.2, 0.25) is 0 Å². The van der Waals surface area contributed by atoms with E-state index in [9.17, 15) is 9.59 Å². The highest BCUT2D eigenvalue weighted by Gasteiger charge is 2.22. The monoisotopic (exact) mass is 311 g/mol. The van der Waals surface area contributed by atoms with Crippen LogP contribution in [0.1, 0.15) is 51.9 Å². The van der Waals surface area contributed by atoms with E-state index in [0.717, 1.165) is 38.5 Å². The maximum atomic E-state index is 11.9. The number of rotatable bonds is 13. The van der Waals surface area contributed by atoms with E-state index in [1.807, 2.05) is 6.08 Å². The van der Waals surface area contributed by atoms with E-state index >= 15 is 0 Å². The number of unbranched alkanes of at least 4 members (excludes halogenated alkanes) is 4. The molecule has 0 aliphatic heterocycles. The van der Waals surface area contributed by atoms with Crippen molar-refractivity contribution in [3.63, 3.8) is 0 Å². The van der Waals surface area contributed by atoms with Crippen molar-refractivity contribution in [1.82, 2.24) is 5.32 Å². The molecule has 1 amide bonds. The second-order valence-electron chi connectivity index (χ2n) is 4.94. The van der Waals surface area contributed by atoms with Crippen molar-refractivity contribution in [3.05, 3.63) is 25.3 Å². The molecule has 0 spiro atoms. The maximum absolute atomic E-state index is 11.9. The van der Waals surface area contributed by atoms with Gasteiger partial charge in [-0.2, -0.15) is 0 Å². The van der Waals surface area contributed by atoms with Gasteiger partial charge in [-0.25, -0.2) is 9.59 Å². The molecule has 22 heavy (non-hydrogen) atoms. The lowest BCUT2D eigenvalue weighted by Crippen LogP contribution is -2.42. The number of amides is 1. The smallest absolute Gasteiger partial charge is 0.407 e. The number of nitrogens with one attached hydrogen (secondary N) is 1. The third kappa shape index (κ3) is 10.9. The summed E-state index contributed by atoms with van der Waals surface area (Å²) in [5, 5.41) is 2.59. The molecular formula is C17H29NO4. The molecule has 0 aromatic heterocycles. The quantitative estimate of drug-likeness (QED) is 0.320. The molecule has 0 bridgehead atoms. The van der Waals surface area contributed by atoms with Gasteiger partial charge in [0.15, 0.2) is 0 Å². The van der Waals surface area contributed by atoms with Crippen molar-refractivity contribution in [2.45, 2.75) is 57.9 Å². The third-order valence-corrected chi connectivity index (χ3v) is 3.05. The molecule has 0 saturated carbocycles. The highest BCUT2D eigenvalue weighted by atomic mass is 16.6. The maximum Gasteiger partial charge on any atom is 0.407 e. The molecule has 5 heteroatoms. The summed E-state index contributed by atoms with van der Waals surface area (Å²) in [6, 6.07) is -0.643. The first kappa shape index (κ1) is 20.2. The first-order valence-corrected chi connectivity index (χ1v) is 7.97. The molecule has 0 aromatic rings. The number of hydrogen-bond donors (Lipinski definition) is 1. The predicted molar refractivity (Wildman–Crippen MR) is 87.6 cm³/mol. The summed E-state index contributed by atoms with van der Waals surface area (Å²) in [4.78, 5) is 23.5. The highest BCUT2D eigenvalue weighted by molar-refractivity contribution is 5.81. The van der Waals surface area contributed by atoms with Crippen LogP contribution >= 0.6 is 0 Å². The van der Waals surface area contributed by atoms with E-state index in [4.69, 9.17) is 9.47 Å². The minimum atomic E-state index is -0.643. The number of esters is 1. The minimum absolute atomic E-state index is 0.294. The predicted octanol–water partition coefficient (Wildman–Crippen LogP) is 3.75. The van der Waals surface area contributed by atoms with Crippen LogP contribution in [0.5, 0.6) is 0 Å². The van der Waals surface area contributed by atoms with Crippen LogP contribution in [0.25, 0.3) is 0 Å². The Morgan fingerprint density at radius 3 is 2.36 bits per heavy atom. The van der Waals surface area contributed by atoms with E-state index in [-0.39, 0.29) is 0 Å². The number of carbonyl (C=O) groups is 2. The summed E-state index contributed by atoms with van der Waals surface area (Å²) < 4.78 is 10.0. The molecular weight excluding hydrogens is 282 g/mol. The zero-order valence-electron chi connectivity index (χ0n) is 13.6. The average Bonchev–Trinajstić information content (AvgIpc) is 2.50. The van der Waals surface area contributed by atoms with Crippen molar-refractivity contribution >= 4 is 12.1 Å². The summed E-state index contributed by atoms with van der Waals surface area (Å²) in [6.07, 6.45) is 8.96. The van der Waals surface area contributed by atoms with Crippen LogP contribution in [0.15, 0.2) is 25.3 Å². The molecule has 0 aromatic carbocycles. The lowest BCUT2D eigenvalue weighted by Gasteiger charge is -2.17.